The van der Waals surface area contributed by atoms with Crippen molar-refractivity contribution in [1.82, 2.24) is 0 Å². The first-order valence-corrected chi connectivity index (χ1v) is 5.26. The number of hydrogen-bond acceptors (Lipinski definition) is 2. The molecule has 0 amide bonds. The van der Waals surface area contributed by atoms with Crippen LogP contribution in [0, 0.1) is 5.92 Å². The second-order valence-electron chi connectivity index (χ2n) is 3.43. The van der Waals surface area contributed by atoms with Gasteiger partial charge in [0.15, 0.2) is 0 Å². The highest BCUT2D eigenvalue weighted by Crippen LogP contribution is 2.26. The van der Waals surface area contributed by atoms with Gasteiger partial charge in [0.2, 0.25) is 0 Å². The normalized spacial score (nSPS) is 23.3. The van der Waals surface area contributed by atoms with Gasteiger partial charge in [0.25, 0.3) is 0 Å². The molecule has 2 rings (SSSR count). The van der Waals surface area contributed by atoms with Crippen molar-refractivity contribution in [3.05, 3.63) is 22.4 Å². The van der Waals surface area contributed by atoms with Crippen LogP contribution in [0.1, 0.15) is 24.1 Å². The standard InChI is InChI=1S/C10H12OS/c11-9-4-3-8(6-9)7-10-2-1-5-12-10/h1-2,5,8H,3-4,6-7H2. The fourth-order valence-corrected chi connectivity index (χ4v) is 2.60. The van der Waals surface area contributed by atoms with E-state index >= 15 is 0 Å². The third-order valence-corrected chi connectivity index (χ3v) is 3.32. The van der Waals surface area contributed by atoms with Gasteiger partial charge in [-0.3, -0.25) is 4.79 Å². The number of carbonyl (C=O) groups is 1. The minimum atomic E-state index is 0.455. The molecule has 0 aromatic carbocycles. The van der Waals surface area contributed by atoms with Gasteiger partial charge >= 0.3 is 0 Å². The van der Waals surface area contributed by atoms with E-state index in [1.807, 2.05) is 0 Å². The van der Waals surface area contributed by atoms with Gasteiger partial charge in [0.05, 0.1) is 0 Å². The van der Waals surface area contributed by atoms with Crippen LogP contribution in [-0.4, -0.2) is 5.78 Å². The molecule has 1 aromatic rings. The minimum Gasteiger partial charge on any atom is -0.300 e. The number of Topliss-reactive ketones (excluding diaryl/α,β-unsaturated/α-hetero) is 1. The number of hydrogen-bond donors (Lipinski definition) is 0. The van der Waals surface area contributed by atoms with E-state index in [1.165, 1.54) is 4.88 Å². The molecule has 1 unspecified atom stereocenters. The van der Waals surface area contributed by atoms with E-state index < -0.39 is 0 Å². The van der Waals surface area contributed by atoms with Crippen molar-refractivity contribution < 1.29 is 4.79 Å². The molecule has 0 radical (unpaired) electrons. The largest absolute Gasteiger partial charge is 0.300 e. The van der Waals surface area contributed by atoms with Gasteiger partial charge < -0.3 is 0 Å². The van der Waals surface area contributed by atoms with Gasteiger partial charge in [0, 0.05) is 17.7 Å². The Kier molecular flexibility index (Phi) is 2.26. The zero-order chi connectivity index (χ0) is 8.39. The molecule has 0 aliphatic heterocycles. The van der Waals surface area contributed by atoms with Crippen molar-refractivity contribution in [3.8, 4) is 0 Å². The first kappa shape index (κ1) is 7.99. The average Bonchev–Trinajstić information content (AvgIpc) is 2.63. The molecule has 0 bridgehead atoms. The maximum absolute atomic E-state index is 11.0. The summed E-state index contributed by atoms with van der Waals surface area (Å²) >= 11 is 1.80. The highest BCUT2D eigenvalue weighted by Gasteiger charge is 2.22. The van der Waals surface area contributed by atoms with E-state index in [4.69, 9.17) is 0 Å². The quantitative estimate of drug-likeness (QED) is 0.684. The van der Waals surface area contributed by atoms with Crippen LogP contribution in [0.5, 0.6) is 0 Å². The number of ketones is 1. The van der Waals surface area contributed by atoms with Gasteiger partial charge in [-0.25, -0.2) is 0 Å². The summed E-state index contributed by atoms with van der Waals surface area (Å²) in [5.41, 5.74) is 0. The Hall–Kier alpha value is -0.630. The van der Waals surface area contributed by atoms with Crippen LogP contribution >= 0.6 is 11.3 Å². The van der Waals surface area contributed by atoms with Crippen LogP contribution in [-0.2, 0) is 11.2 Å². The van der Waals surface area contributed by atoms with Crippen molar-refractivity contribution in [3.63, 3.8) is 0 Å². The maximum atomic E-state index is 11.0. The predicted molar refractivity (Wildman–Crippen MR) is 50.4 cm³/mol. The lowest BCUT2D eigenvalue weighted by molar-refractivity contribution is -0.117. The lowest BCUT2D eigenvalue weighted by atomic mass is 10.0. The second kappa shape index (κ2) is 3.40. The Morgan fingerprint density at radius 2 is 2.50 bits per heavy atom. The lowest BCUT2D eigenvalue weighted by Gasteiger charge is -2.03. The Morgan fingerprint density at radius 1 is 1.58 bits per heavy atom. The highest BCUT2D eigenvalue weighted by atomic mass is 32.1. The Labute approximate surface area is 76.4 Å². The first-order chi connectivity index (χ1) is 5.84. The molecule has 2 heteroatoms. The van der Waals surface area contributed by atoms with Crippen molar-refractivity contribution in [2.75, 3.05) is 0 Å². The van der Waals surface area contributed by atoms with Crippen molar-refractivity contribution in [1.29, 1.82) is 0 Å². The number of rotatable bonds is 2. The molecule has 0 N–H and O–H groups in total. The summed E-state index contributed by atoms with van der Waals surface area (Å²) in [6.07, 6.45) is 3.86. The summed E-state index contributed by atoms with van der Waals surface area (Å²) in [6, 6.07) is 4.24. The first-order valence-electron chi connectivity index (χ1n) is 4.38. The predicted octanol–water partition coefficient (Wildman–Crippen LogP) is 2.66. The molecule has 1 heterocycles. The second-order valence-corrected chi connectivity index (χ2v) is 4.46. The number of carbonyl (C=O) groups excluding carboxylic acids is 1. The average molecular weight is 180 g/mol. The van der Waals surface area contributed by atoms with Crippen LogP contribution in [0.2, 0.25) is 0 Å². The topological polar surface area (TPSA) is 17.1 Å². The molecular weight excluding hydrogens is 168 g/mol. The van der Waals surface area contributed by atoms with Gasteiger partial charge in [-0.05, 0) is 30.2 Å². The zero-order valence-electron chi connectivity index (χ0n) is 6.95. The number of thiophene rings is 1. The van der Waals surface area contributed by atoms with E-state index in [2.05, 4.69) is 17.5 Å². The van der Waals surface area contributed by atoms with Crippen LogP contribution in [0.3, 0.4) is 0 Å². The van der Waals surface area contributed by atoms with E-state index in [0.29, 0.717) is 11.7 Å². The summed E-state index contributed by atoms with van der Waals surface area (Å²) in [4.78, 5) is 12.4. The van der Waals surface area contributed by atoms with Crippen molar-refractivity contribution in [2.45, 2.75) is 25.7 Å². The van der Waals surface area contributed by atoms with E-state index in [-0.39, 0.29) is 0 Å². The third kappa shape index (κ3) is 1.75. The van der Waals surface area contributed by atoms with Crippen LogP contribution in [0.4, 0.5) is 0 Å². The summed E-state index contributed by atoms with van der Waals surface area (Å²) in [6.45, 7) is 0. The van der Waals surface area contributed by atoms with Crippen molar-refractivity contribution in [2.24, 2.45) is 5.92 Å². The smallest absolute Gasteiger partial charge is 0.133 e. The monoisotopic (exact) mass is 180 g/mol. The van der Waals surface area contributed by atoms with Crippen LogP contribution < -0.4 is 0 Å². The fourth-order valence-electron chi connectivity index (χ4n) is 1.78. The van der Waals surface area contributed by atoms with Gasteiger partial charge in [0.1, 0.15) is 5.78 Å². The Morgan fingerprint density at radius 3 is 3.08 bits per heavy atom. The summed E-state index contributed by atoms with van der Waals surface area (Å²) < 4.78 is 0. The summed E-state index contributed by atoms with van der Waals surface area (Å²) in [5.74, 6) is 1.09. The molecule has 1 fully saturated rings. The Bertz CT molecular complexity index is 263. The molecule has 1 aliphatic rings. The van der Waals surface area contributed by atoms with Crippen LogP contribution in [0.15, 0.2) is 17.5 Å². The molecule has 0 spiro atoms. The molecule has 1 aliphatic carbocycles. The SMILES string of the molecule is O=C1CCC(Cc2cccs2)C1. The van der Waals surface area contributed by atoms with Gasteiger partial charge in [-0.15, -0.1) is 11.3 Å². The van der Waals surface area contributed by atoms with E-state index in [9.17, 15) is 4.79 Å². The molecule has 0 saturated heterocycles. The molecule has 12 heavy (non-hydrogen) atoms. The van der Waals surface area contributed by atoms with E-state index in [1.54, 1.807) is 11.3 Å². The molecule has 64 valence electrons. The molecule has 1 nitrogen and oxygen atoms in total. The molecule has 1 atom stereocenters. The maximum Gasteiger partial charge on any atom is 0.133 e. The molecule has 1 aromatic heterocycles. The molecule has 1 saturated carbocycles. The summed E-state index contributed by atoms with van der Waals surface area (Å²) in [7, 11) is 0. The van der Waals surface area contributed by atoms with E-state index in [0.717, 1.165) is 25.7 Å². The van der Waals surface area contributed by atoms with Crippen LogP contribution in [0.25, 0.3) is 0 Å². The van der Waals surface area contributed by atoms with Gasteiger partial charge in [-0.2, -0.15) is 0 Å². The third-order valence-electron chi connectivity index (χ3n) is 2.42. The van der Waals surface area contributed by atoms with Crippen molar-refractivity contribution >= 4 is 17.1 Å². The molecular formula is C10H12OS. The lowest BCUT2D eigenvalue weighted by Crippen LogP contribution is -1.98. The van der Waals surface area contributed by atoms with Gasteiger partial charge in [-0.1, -0.05) is 6.07 Å². The minimum absolute atomic E-state index is 0.455. The summed E-state index contributed by atoms with van der Waals surface area (Å²) in [5, 5.41) is 2.10. The zero-order valence-corrected chi connectivity index (χ0v) is 7.77. The highest BCUT2D eigenvalue weighted by molar-refractivity contribution is 7.09. The Balaban J connectivity index is 1.92. The fraction of sp³-hybridized carbons (Fsp3) is 0.500.